The summed E-state index contributed by atoms with van der Waals surface area (Å²) in [5.41, 5.74) is 2.77. The molecule has 2 nitrogen and oxygen atoms in total. The fourth-order valence-corrected chi connectivity index (χ4v) is 3.96. The molecule has 0 bridgehead atoms. The van der Waals surface area contributed by atoms with Crippen LogP contribution in [0.5, 0.6) is 0 Å². The number of rotatable bonds is 1. The molecule has 3 aromatic rings. The minimum Gasteiger partial charge on any atom is -0.328 e. The Labute approximate surface area is 122 Å². The highest BCUT2D eigenvalue weighted by atomic mass is 32.1. The van der Waals surface area contributed by atoms with Gasteiger partial charge in [0.25, 0.3) is 5.56 Å². The van der Waals surface area contributed by atoms with E-state index in [2.05, 4.69) is 44.0 Å². The van der Waals surface area contributed by atoms with Crippen LogP contribution in [0.4, 0.5) is 0 Å². The van der Waals surface area contributed by atoms with E-state index in [4.69, 9.17) is 0 Å². The number of thiophene rings is 1. The molecule has 0 fully saturated rings. The third-order valence-electron chi connectivity index (χ3n) is 3.51. The molecule has 0 atom stereocenters. The van der Waals surface area contributed by atoms with E-state index in [-0.39, 0.29) is 11.0 Å². The molecule has 0 saturated heterocycles. The summed E-state index contributed by atoms with van der Waals surface area (Å²) >= 11 is 1.60. The van der Waals surface area contributed by atoms with Gasteiger partial charge in [-0.2, -0.15) is 0 Å². The lowest BCUT2D eigenvalue weighted by Gasteiger charge is -2.17. The van der Waals surface area contributed by atoms with Crippen LogP contribution in [-0.4, -0.2) is 4.98 Å². The first-order valence-corrected chi connectivity index (χ1v) is 7.70. The van der Waals surface area contributed by atoms with Crippen LogP contribution in [-0.2, 0) is 6.42 Å². The number of aryl methyl sites for hydroxylation is 1. The summed E-state index contributed by atoms with van der Waals surface area (Å²) < 4.78 is 2.05. The van der Waals surface area contributed by atoms with Gasteiger partial charge in [-0.3, -0.25) is 4.79 Å². The number of aromatic amines is 1. The van der Waals surface area contributed by atoms with Gasteiger partial charge in [-0.05, 0) is 36.0 Å². The van der Waals surface area contributed by atoms with Crippen LogP contribution in [0.25, 0.3) is 20.2 Å². The van der Waals surface area contributed by atoms with Crippen molar-refractivity contribution >= 4 is 31.5 Å². The largest absolute Gasteiger partial charge is 0.328 e. The average molecular weight is 285 g/mol. The minimum absolute atomic E-state index is 0.0178. The molecule has 3 rings (SSSR count). The number of pyridine rings is 1. The zero-order valence-corrected chi connectivity index (χ0v) is 13.1. The van der Waals surface area contributed by atoms with Crippen molar-refractivity contribution in [1.29, 1.82) is 0 Å². The lowest BCUT2D eigenvalue weighted by molar-refractivity contribution is 0.411. The van der Waals surface area contributed by atoms with Gasteiger partial charge in [-0.25, -0.2) is 0 Å². The van der Waals surface area contributed by atoms with Crippen LogP contribution in [0.15, 0.2) is 29.2 Å². The van der Waals surface area contributed by atoms with Crippen LogP contribution in [0, 0.1) is 12.3 Å². The second kappa shape index (κ2) is 4.45. The summed E-state index contributed by atoms with van der Waals surface area (Å²) in [7, 11) is 0. The van der Waals surface area contributed by atoms with Crippen molar-refractivity contribution < 1.29 is 0 Å². The molecule has 3 heteroatoms. The maximum atomic E-state index is 12.0. The van der Waals surface area contributed by atoms with Crippen molar-refractivity contribution in [2.24, 2.45) is 5.41 Å². The highest BCUT2D eigenvalue weighted by molar-refractivity contribution is 7.25. The number of fused-ring (bicyclic) bond motifs is 3. The van der Waals surface area contributed by atoms with Gasteiger partial charge in [0.15, 0.2) is 0 Å². The Morgan fingerprint density at radius 3 is 2.70 bits per heavy atom. The zero-order chi connectivity index (χ0) is 14.5. The summed E-state index contributed by atoms with van der Waals surface area (Å²) in [4.78, 5) is 14.8. The third-order valence-corrected chi connectivity index (χ3v) is 4.66. The van der Waals surface area contributed by atoms with Gasteiger partial charge in [-0.1, -0.05) is 32.9 Å². The standard InChI is InChI=1S/C17H19NOS/c1-10-9-18-16(19)15-14(10)12-6-5-11(7-13(12)20-15)8-17(2,3)4/h5-7,9H,8H2,1-4H3,(H,18,19). The Hall–Kier alpha value is -1.61. The van der Waals surface area contributed by atoms with Gasteiger partial charge in [-0.15, -0.1) is 11.3 Å². The first-order valence-electron chi connectivity index (χ1n) is 6.88. The summed E-state index contributed by atoms with van der Waals surface area (Å²) in [5, 5.41) is 2.31. The molecule has 0 spiro atoms. The quantitative estimate of drug-likeness (QED) is 0.694. The first kappa shape index (κ1) is 13.4. The molecule has 0 aliphatic rings. The summed E-state index contributed by atoms with van der Waals surface area (Å²) in [5.74, 6) is 0. The normalized spacial score (nSPS) is 12.4. The van der Waals surface area contributed by atoms with Gasteiger partial charge in [0.2, 0.25) is 0 Å². The molecule has 0 unspecified atom stereocenters. The lowest BCUT2D eigenvalue weighted by Crippen LogP contribution is -2.08. The monoisotopic (exact) mass is 285 g/mol. The van der Waals surface area contributed by atoms with Crippen LogP contribution in [0.3, 0.4) is 0 Å². The maximum absolute atomic E-state index is 12.0. The molecule has 1 N–H and O–H groups in total. The summed E-state index contributed by atoms with van der Waals surface area (Å²) in [6.45, 7) is 8.79. The van der Waals surface area contributed by atoms with Crippen molar-refractivity contribution in [3.63, 3.8) is 0 Å². The fraction of sp³-hybridized carbons (Fsp3) is 0.353. The third kappa shape index (κ3) is 2.27. The molecule has 20 heavy (non-hydrogen) atoms. The van der Waals surface area contributed by atoms with E-state index < -0.39 is 0 Å². The Balaban J connectivity index is 2.27. The van der Waals surface area contributed by atoms with Gasteiger partial charge in [0.1, 0.15) is 4.70 Å². The molecule has 0 amide bonds. The van der Waals surface area contributed by atoms with Crippen molar-refractivity contribution in [3.05, 3.63) is 45.9 Å². The Bertz CT molecular complexity index is 849. The molecule has 1 aromatic carbocycles. The van der Waals surface area contributed by atoms with E-state index in [0.717, 1.165) is 22.1 Å². The van der Waals surface area contributed by atoms with Crippen LogP contribution < -0.4 is 5.56 Å². The molecule has 0 aliphatic heterocycles. The Morgan fingerprint density at radius 2 is 2.00 bits per heavy atom. The minimum atomic E-state index is 0.0178. The summed E-state index contributed by atoms with van der Waals surface area (Å²) in [6.07, 6.45) is 2.85. The number of nitrogens with one attached hydrogen (secondary N) is 1. The molecular formula is C17H19NOS. The van der Waals surface area contributed by atoms with E-state index in [1.807, 2.05) is 6.92 Å². The molecule has 2 aromatic heterocycles. The van der Waals surface area contributed by atoms with E-state index in [9.17, 15) is 4.79 Å². The smallest absolute Gasteiger partial charge is 0.265 e. The molecule has 0 radical (unpaired) electrons. The van der Waals surface area contributed by atoms with E-state index >= 15 is 0 Å². The van der Waals surface area contributed by atoms with Crippen LogP contribution in [0.1, 0.15) is 31.9 Å². The van der Waals surface area contributed by atoms with E-state index in [0.29, 0.717) is 0 Å². The fourth-order valence-electron chi connectivity index (χ4n) is 2.73. The van der Waals surface area contributed by atoms with E-state index in [1.54, 1.807) is 17.5 Å². The Kier molecular flexibility index (Phi) is 2.98. The van der Waals surface area contributed by atoms with Crippen molar-refractivity contribution in [3.8, 4) is 0 Å². The average Bonchev–Trinajstić information content (AvgIpc) is 2.71. The SMILES string of the molecule is Cc1c[nH]c(=O)c2sc3cc(CC(C)(C)C)ccc3c12. The van der Waals surface area contributed by atoms with E-state index in [1.165, 1.54) is 15.6 Å². The molecule has 104 valence electrons. The van der Waals surface area contributed by atoms with Crippen LogP contribution >= 0.6 is 11.3 Å². The number of hydrogen-bond donors (Lipinski definition) is 1. The number of hydrogen-bond acceptors (Lipinski definition) is 2. The number of H-pyrrole nitrogens is 1. The Morgan fingerprint density at radius 1 is 1.25 bits per heavy atom. The molecular weight excluding hydrogens is 266 g/mol. The van der Waals surface area contributed by atoms with Crippen molar-refractivity contribution in [2.45, 2.75) is 34.1 Å². The van der Waals surface area contributed by atoms with Crippen molar-refractivity contribution in [2.75, 3.05) is 0 Å². The molecule has 0 saturated carbocycles. The van der Waals surface area contributed by atoms with Gasteiger partial charge in [0.05, 0.1) is 0 Å². The van der Waals surface area contributed by atoms with Crippen LogP contribution in [0.2, 0.25) is 0 Å². The predicted molar refractivity (Wildman–Crippen MR) is 87.8 cm³/mol. The zero-order valence-electron chi connectivity index (χ0n) is 12.3. The topological polar surface area (TPSA) is 32.9 Å². The molecule has 0 aliphatic carbocycles. The van der Waals surface area contributed by atoms with Crippen molar-refractivity contribution in [1.82, 2.24) is 4.98 Å². The maximum Gasteiger partial charge on any atom is 0.265 e. The van der Waals surface area contributed by atoms with Gasteiger partial charge in [0, 0.05) is 21.7 Å². The second-order valence-corrected chi connectivity index (χ2v) is 7.73. The van der Waals surface area contributed by atoms with Gasteiger partial charge >= 0.3 is 0 Å². The number of aromatic nitrogens is 1. The first-order chi connectivity index (χ1) is 9.35. The lowest BCUT2D eigenvalue weighted by atomic mass is 9.88. The highest BCUT2D eigenvalue weighted by Gasteiger charge is 2.14. The molecule has 2 heterocycles. The summed E-state index contributed by atoms with van der Waals surface area (Å²) in [6, 6.07) is 6.60. The van der Waals surface area contributed by atoms with Gasteiger partial charge < -0.3 is 4.98 Å². The predicted octanol–water partition coefficient (Wildman–Crippen LogP) is 4.64. The highest BCUT2D eigenvalue weighted by Crippen LogP contribution is 2.35. The second-order valence-electron chi connectivity index (χ2n) is 6.67. The number of benzene rings is 1.